The number of hydrogen-bond donors (Lipinski definition) is 1. The van der Waals surface area contributed by atoms with Crippen molar-refractivity contribution < 1.29 is 4.74 Å². The van der Waals surface area contributed by atoms with Crippen LogP contribution in [-0.2, 0) is 0 Å². The molecule has 1 atom stereocenters. The molecule has 0 aliphatic heterocycles. The lowest BCUT2D eigenvalue weighted by atomic mass is 10.1. The fourth-order valence-electron chi connectivity index (χ4n) is 1.96. The van der Waals surface area contributed by atoms with Crippen molar-refractivity contribution in [3.05, 3.63) is 36.3 Å². The first-order chi connectivity index (χ1) is 10.1. The Morgan fingerprint density at radius 1 is 1.24 bits per heavy atom. The van der Waals surface area contributed by atoms with Crippen LogP contribution in [0, 0.1) is 0 Å². The van der Waals surface area contributed by atoms with Gasteiger partial charge in [0.1, 0.15) is 0 Å². The SMILES string of the molecule is CCCNC(C)c1ccc(Oc2cnn(C(C)C)c2)nc1. The number of ether oxygens (including phenoxy) is 1. The average Bonchev–Trinajstić information content (AvgIpc) is 2.94. The summed E-state index contributed by atoms with van der Waals surface area (Å²) in [7, 11) is 0. The molecule has 2 rings (SSSR count). The van der Waals surface area contributed by atoms with Gasteiger partial charge in [0.25, 0.3) is 0 Å². The van der Waals surface area contributed by atoms with E-state index < -0.39 is 0 Å². The van der Waals surface area contributed by atoms with Gasteiger partial charge in [-0.25, -0.2) is 4.98 Å². The minimum Gasteiger partial charge on any atom is -0.436 e. The van der Waals surface area contributed by atoms with E-state index in [1.807, 2.05) is 29.2 Å². The summed E-state index contributed by atoms with van der Waals surface area (Å²) in [4.78, 5) is 4.36. The maximum absolute atomic E-state index is 5.71. The highest BCUT2D eigenvalue weighted by Gasteiger charge is 2.07. The predicted octanol–water partition coefficient (Wildman–Crippen LogP) is 3.71. The molecule has 0 aliphatic rings. The van der Waals surface area contributed by atoms with Crippen LogP contribution < -0.4 is 10.1 Å². The highest BCUT2D eigenvalue weighted by atomic mass is 16.5. The average molecular weight is 288 g/mol. The lowest BCUT2D eigenvalue weighted by Crippen LogP contribution is -2.19. The van der Waals surface area contributed by atoms with Crippen LogP contribution in [0.1, 0.15) is 51.8 Å². The maximum Gasteiger partial charge on any atom is 0.219 e. The third-order valence-electron chi connectivity index (χ3n) is 3.29. The monoisotopic (exact) mass is 288 g/mol. The summed E-state index contributed by atoms with van der Waals surface area (Å²) in [6.07, 6.45) is 6.57. The Bertz CT molecular complexity index is 548. The molecule has 2 heterocycles. The largest absolute Gasteiger partial charge is 0.436 e. The standard InChI is InChI=1S/C16H24N4O/c1-5-8-17-13(4)14-6-7-16(18-9-14)21-15-10-19-20(11-15)12(2)3/h6-7,9-13,17H,5,8H2,1-4H3. The molecule has 0 radical (unpaired) electrons. The first-order valence-electron chi connectivity index (χ1n) is 7.51. The van der Waals surface area contributed by atoms with E-state index in [2.05, 4.69) is 43.1 Å². The highest BCUT2D eigenvalue weighted by molar-refractivity contribution is 5.25. The third-order valence-corrected chi connectivity index (χ3v) is 3.29. The van der Waals surface area contributed by atoms with Crippen molar-refractivity contribution in [2.75, 3.05) is 6.54 Å². The Morgan fingerprint density at radius 3 is 2.62 bits per heavy atom. The van der Waals surface area contributed by atoms with E-state index >= 15 is 0 Å². The van der Waals surface area contributed by atoms with Gasteiger partial charge in [0.2, 0.25) is 5.88 Å². The molecule has 1 unspecified atom stereocenters. The Kier molecular flexibility index (Phi) is 5.33. The zero-order valence-corrected chi connectivity index (χ0v) is 13.2. The van der Waals surface area contributed by atoms with Gasteiger partial charge in [-0.3, -0.25) is 4.68 Å². The third kappa shape index (κ3) is 4.29. The fraction of sp³-hybridized carbons (Fsp3) is 0.500. The molecular weight excluding hydrogens is 264 g/mol. The first-order valence-corrected chi connectivity index (χ1v) is 7.51. The Morgan fingerprint density at radius 2 is 2.05 bits per heavy atom. The minimum absolute atomic E-state index is 0.301. The van der Waals surface area contributed by atoms with Crippen molar-refractivity contribution in [2.45, 2.75) is 46.2 Å². The number of nitrogens with zero attached hydrogens (tertiary/aromatic N) is 3. The van der Waals surface area contributed by atoms with Crippen molar-refractivity contribution >= 4 is 0 Å². The highest BCUT2D eigenvalue weighted by Crippen LogP contribution is 2.21. The van der Waals surface area contributed by atoms with Gasteiger partial charge >= 0.3 is 0 Å². The second-order valence-electron chi connectivity index (χ2n) is 5.46. The van der Waals surface area contributed by atoms with Crippen molar-refractivity contribution in [2.24, 2.45) is 0 Å². The quantitative estimate of drug-likeness (QED) is 0.843. The second-order valence-corrected chi connectivity index (χ2v) is 5.46. The Hall–Kier alpha value is -1.88. The van der Waals surface area contributed by atoms with E-state index in [4.69, 9.17) is 4.74 Å². The molecule has 1 N–H and O–H groups in total. The summed E-state index contributed by atoms with van der Waals surface area (Å²) < 4.78 is 7.57. The Labute approximate surface area is 126 Å². The van der Waals surface area contributed by atoms with Crippen LogP contribution in [0.15, 0.2) is 30.7 Å². The van der Waals surface area contributed by atoms with Crippen molar-refractivity contribution in [1.29, 1.82) is 0 Å². The Balaban J connectivity index is 1.98. The lowest BCUT2D eigenvalue weighted by molar-refractivity contribution is 0.457. The summed E-state index contributed by atoms with van der Waals surface area (Å²) >= 11 is 0. The molecule has 5 nitrogen and oxygen atoms in total. The molecule has 0 aliphatic carbocycles. The van der Waals surface area contributed by atoms with E-state index in [1.54, 1.807) is 6.20 Å². The molecule has 114 valence electrons. The number of pyridine rings is 1. The number of aromatic nitrogens is 3. The van der Waals surface area contributed by atoms with Gasteiger partial charge in [-0.05, 0) is 39.3 Å². The normalized spacial score (nSPS) is 12.6. The molecule has 0 spiro atoms. The maximum atomic E-state index is 5.71. The summed E-state index contributed by atoms with van der Waals surface area (Å²) in [5.41, 5.74) is 1.16. The van der Waals surface area contributed by atoms with Crippen molar-refractivity contribution in [1.82, 2.24) is 20.1 Å². The minimum atomic E-state index is 0.301. The van der Waals surface area contributed by atoms with Gasteiger partial charge in [0.05, 0.1) is 12.4 Å². The summed E-state index contributed by atoms with van der Waals surface area (Å²) in [5, 5.41) is 7.68. The molecule has 5 heteroatoms. The van der Waals surface area contributed by atoms with Crippen LogP contribution in [0.3, 0.4) is 0 Å². The zero-order valence-electron chi connectivity index (χ0n) is 13.2. The molecule has 21 heavy (non-hydrogen) atoms. The molecule has 0 fully saturated rings. The van der Waals surface area contributed by atoms with Crippen LogP contribution >= 0.6 is 0 Å². The van der Waals surface area contributed by atoms with Gasteiger partial charge in [0.15, 0.2) is 5.75 Å². The van der Waals surface area contributed by atoms with E-state index in [-0.39, 0.29) is 0 Å². The number of hydrogen-bond acceptors (Lipinski definition) is 4. The van der Waals surface area contributed by atoms with Crippen LogP contribution in [0.4, 0.5) is 0 Å². The lowest BCUT2D eigenvalue weighted by Gasteiger charge is -2.13. The van der Waals surface area contributed by atoms with Gasteiger partial charge < -0.3 is 10.1 Å². The molecule has 0 amide bonds. The van der Waals surface area contributed by atoms with Crippen LogP contribution in [0.25, 0.3) is 0 Å². The number of nitrogens with one attached hydrogen (secondary N) is 1. The van der Waals surface area contributed by atoms with Crippen molar-refractivity contribution in [3.8, 4) is 11.6 Å². The van der Waals surface area contributed by atoms with Gasteiger partial charge in [-0.1, -0.05) is 13.0 Å². The van der Waals surface area contributed by atoms with Crippen molar-refractivity contribution in [3.63, 3.8) is 0 Å². The summed E-state index contributed by atoms with van der Waals surface area (Å²) in [6.45, 7) is 9.46. The predicted molar refractivity (Wildman–Crippen MR) is 83.6 cm³/mol. The number of rotatable bonds is 7. The molecule has 0 saturated carbocycles. The van der Waals surface area contributed by atoms with Crippen LogP contribution in [-0.4, -0.2) is 21.3 Å². The second kappa shape index (κ2) is 7.22. The molecule has 0 saturated heterocycles. The van der Waals surface area contributed by atoms with E-state index in [9.17, 15) is 0 Å². The smallest absolute Gasteiger partial charge is 0.219 e. The molecule has 2 aromatic heterocycles. The topological polar surface area (TPSA) is 52.0 Å². The van der Waals surface area contributed by atoms with Gasteiger partial charge in [0, 0.05) is 24.3 Å². The van der Waals surface area contributed by atoms with E-state index in [0.29, 0.717) is 23.7 Å². The van der Waals surface area contributed by atoms with Gasteiger partial charge in [-0.15, -0.1) is 0 Å². The van der Waals surface area contributed by atoms with E-state index in [1.165, 1.54) is 0 Å². The molecule has 0 aromatic carbocycles. The first kappa shape index (κ1) is 15.5. The van der Waals surface area contributed by atoms with Crippen LogP contribution in [0.2, 0.25) is 0 Å². The van der Waals surface area contributed by atoms with Gasteiger partial charge in [-0.2, -0.15) is 5.10 Å². The summed E-state index contributed by atoms with van der Waals surface area (Å²) in [6, 6.07) is 4.56. The summed E-state index contributed by atoms with van der Waals surface area (Å²) in [5.74, 6) is 1.30. The molecule has 2 aromatic rings. The van der Waals surface area contributed by atoms with E-state index in [0.717, 1.165) is 18.5 Å². The molecule has 0 bridgehead atoms. The fourth-order valence-corrected chi connectivity index (χ4v) is 1.96. The zero-order chi connectivity index (χ0) is 15.2. The molecular formula is C16H24N4O. The van der Waals surface area contributed by atoms with Crippen LogP contribution in [0.5, 0.6) is 11.6 Å².